The molecule has 0 aromatic carbocycles. The Morgan fingerprint density at radius 1 is 1.69 bits per heavy atom. The second-order valence-corrected chi connectivity index (χ2v) is 3.89. The van der Waals surface area contributed by atoms with Gasteiger partial charge in [-0.15, -0.1) is 0 Å². The number of hydrogen-bond donors (Lipinski definition) is 1. The molecule has 1 fully saturated rings. The summed E-state index contributed by atoms with van der Waals surface area (Å²) in [5, 5.41) is 8.72. The first kappa shape index (κ1) is 10.5. The van der Waals surface area contributed by atoms with Crippen LogP contribution in [0.2, 0.25) is 0 Å². The van der Waals surface area contributed by atoms with Gasteiger partial charge in [0, 0.05) is 12.1 Å². The Morgan fingerprint density at radius 2 is 2.38 bits per heavy atom. The van der Waals surface area contributed by atoms with E-state index in [4.69, 9.17) is 5.11 Å². The molecule has 3 nitrogen and oxygen atoms in total. The van der Waals surface area contributed by atoms with Crippen LogP contribution in [0.1, 0.15) is 39.5 Å². The van der Waals surface area contributed by atoms with Crippen molar-refractivity contribution in [2.45, 2.75) is 51.6 Å². The Kier molecular flexibility index (Phi) is 3.72. The molecular weight excluding hydrogens is 166 g/mol. The van der Waals surface area contributed by atoms with Crippen LogP contribution in [0.5, 0.6) is 0 Å². The molecule has 2 atom stereocenters. The first-order valence-electron chi connectivity index (χ1n) is 5.12. The van der Waals surface area contributed by atoms with Crippen molar-refractivity contribution in [3.05, 3.63) is 0 Å². The van der Waals surface area contributed by atoms with E-state index in [-0.39, 0.29) is 6.04 Å². The van der Waals surface area contributed by atoms with Crippen molar-refractivity contribution in [3.63, 3.8) is 0 Å². The maximum atomic E-state index is 10.6. The predicted molar refractivity (Wildman–Crippen MR) is 51.7 cm³/mol. The number of carboxylic acid groups (broad SMARTS) is 1. The Labute approximate surface area is 79.7 Å². The van der Waals surface area contributed by atoms with Crippen LogP contribution in [0.4, 0.5) is 0 Å². The van der Waals surface area contributed by atoms with Crippen LogP contribution in [0.15, 0.2) is 0 Å². The first-order chi connectivity index (χ1) is 6.15. The van der Waals surface area contributed by atoms with Gasteiger partial charge < -0.3 is 5.11 Å². The van der Waals surface area contributed by atoms with Gasteiger partial charge in [-0.1, -0.05) is 6.92 Å². The minimum Gasteiger partial charge on any atom is -0.481 e. The summed E-state index contributed by atoms with van der Waals surface area (Å²) in [5.74, 6) is -0.666. The lowest BCUT2D eigenvalue weighted by molar-refractivity contribution is -0.138. The van der Waals surface area contributed by atoms with E-state index in [9.17, 15) is 4.79 Å². The normalized spacial score (nSPS) is 26.2. The van der Waals surface area contributed by atoms with E-state index in [0.29, 0.717) is 12.5 Å². The molecule has 0 saturated carbocycles. The highest BCUT2D eigenvalue weighted by Crippen LogP contribution is 2.23. The lowest BCUT2D eigenvalue weighted by Gasteiger charge is -2.28. The maximum Gasteiger partial charge on any atom is 0.304 e. The zero-order valence-corrected chi connectivity index (χ0v) is 8.49. The van der Waals surface area contributed by atoms with Gasteiger partial charge in [-0.3, -0.25) is 9.69 Å². The summed E-state index contributed by atoms with van der Waals surface area (Å²) < 4.78 is 0. The van der Waals surface area contributed by atoms with E-state index in [1.807, 2.05) is 0 Å². The van der Waals surface area contributed by atoms with Gasteiger partial charge in [0.25, 0.3) is 0 Å². The lowest BCUT2D eigenvalue weighted by Crippen LogP contribution is -2.38. The molecule has 13 heavy (non-hydrogen) atoms. The van der Waals surface area contributed by atoms with Gasteiger partial charge in [0.05, 0.1) is 6.42 Å². The molecule has 1 aliphatic rings. The van der Waals surface area contributed by atoms with E-state index in [0.717, 1.165) is 25.8 Å². The highest BCUT2D eigenvalue weighted by atomic mass is 16.4. The van der Waals surface area contributed by atoms with E-state index < -0.39 is 5.97 Å². The SMILES string of the molecule is CCC(C)N1CCCC1CC(=O)O. The van der Waals surface area contributed by atoms with E-state index >= 15 is 0 Å². The quantitative estimate of drug-likeness (QED) is 0.725. The molecule has 0 spiro atoms. The van der Waals surface area contributed by atoms with Crippen LogP contribution >= 0.6 is 0 Å². The standard InChI is InChI=1S/C10H19NO2/c1-3-8(2)11-6-4-5-9(11)7-10(12)13/h8-9H,3-7H2,1-2H3,(H,12,13). The van der Waals surface area contributed by atoms with Crippen LogP contribution in [0.3, 0.4) is 0 Å². The first-order valence-corrected chi connectivity index (χ1v) is 5.12. The molecule has 0 bridgehead atoms. The van der Waals surface area contributed by atoms with Crippen LogP contribution in [-0.2, 0) is 4.79 Å². The van der Waals surface area contributed by atoms with Crippen LogP contribution in [0.25, 0.3) is 0 Å². The summed E-state index contributed by atoms with van der Waals surface area (Å²) in [7, 11) is 0. The van der Waals surface area contributed by atoms with Gasteiger partial charge in [0.15, 0.2) is 0 Å². The van der Waals surface area contributed by atoms with Crippen molar-refractivity contribution >= 4 is 5.97 Å². The summed E-state index contributed by atoms with van der Waals surface area (Å²) in [4.78, 5) is 12.9. The highest BCUT2D eigenvalue weighted by molar-refractivity contribution is 5.67. The molecular formula is C10H19NO2. The Balaban J connectivity index is 2.48. The fraction of sp³-hybridized carbons (Fsp3) is 0.900. The average Bonchev–Trinajstić information content (AvgIpc) is 2.50. The van der Waals surface area contributed by atoms with Crippen molar-refractivity contribution in [2.24, 2.45) is 0 Å². The highest BCUT2D eigenvalue weighted by Gasteiger charge is 2.28. The summed E-state index contributed by atoms with van der Waals surface area (Å²) in [6.45, 7) is 5.41. The van der Waals surface area contributed by atoms with Gasteiger partial charge in [-0.05, 0) is 32.7 Å². The van der Waals surface area contributed by atoms with Gasteiger partial charge in [0.2, 0.25) is 0 Å². The summed E-state index contributed by atoms with van der Waals surface area (Å²) in [6.07, 6.45) is 3.62. The van der Waals surface area contributed by atoms with Crippen molar-refractivity contribution in [3.8, 4) is 0 Å². The second kappa shape index (κ2) is 4.61. The Bertz CT molecular complexity index is 182. The summed E-state index contributed by atoms with van der Waals surface area (Å²) in [6, 6.07) is 0.819. The predicted octanol–water partition coefficient (Wildman–Crippen LogP) is 1.72. The van der Waals surface area contributed by atoms with Crippen molar-refractivity contribution in [1.82, 2.24) is 4.90 Å². The Hall–Kier alpha value is -0.570. The summed E-state index contributed by atoms with van der Waals surface area (Å²) >= 11 is 0. The van der Waals surface area contributed by atoms with Gasteiger partial charge in [-0.2, -0.15) is 0 Å². The number of aliphatic carboxylic acids is 1. The average molecular weight is 185 g/mol. The number of carbonyl (C=O) groups is 1. The number of carboxylic acids is 1. The molecule has 0 aromatic heterocycles. The molecule has 76 valence electrons. The molecule has 0 aromatic rings. The molecule has 1 aliphatic heterocycles. The zero-order chi connectivity index (χ0) is 9.84. The monoisotopic (exact) mass is 185 g/mol. The van der Waals surface area contributed by atoms with Crippen molar-refractivity contribution in [1.29, 1.82) is 0 Å². The molecule has 1 N–H and O–H groups in total. The number of hydrogen-bond acceptors (Lipinski definition) is 2. The molecule has 1 saturated heterocycles. The fourth-order valence-corrected chi connectivity index (χ4v) is 2.09. The zero-order valence-electron chi connectivity index (χ0n) is 8.49. The number of likely N-dealkylation sites (tertiary alicyclic amines) is 1. The molecule has 0 aliphatic carbocycles. The third-order valence-corrected chi connectivity index (χ3v) is 2.99. The third-order valence-electron chi connectivity index (χ3n) is 2.99. The largest absolute Gasteiger partial charge is 0.481 e. The number of nitrogens with zero attached hydrogens (tertiary/aromatic N) is 1. The molecule has 2 unspecified atom stereocenters. The minimum absolute atomic E-state index is 0.285. The van der Waals surface area contributed by atoms with Gasteiger partial charge >= 0.3 is 5.97 Å². The van der Waals surface area contributed by atoms with Crippen LogP contribution in [0, 0.1) is 0 Å². The third kappa shape index (κ3) is 2.69. The Morgan fingerprint density at radius 3 is 2.92 bits per heavy atom. The van der Waals surface area contributed by atoms with Gasteiger partial charge in [0.1, 0.15) is 0 Å². The van der Waals surface area contributed by atoms with Crippen molar-refractivity contribution in [2.75, 3.05) is 6.54 Å². The van der Waals surface area contributed by atoms with Crippen molar-refractivity contribution < 1.29 is 9.90 Å². The van der Waals surface area contributed by atoms with E-state index in [2.05, 4.69) is 18.7 Å². The van der Waals surface area contributed by atoms with E-state index in [1.54, 1.807) is 0 Å². The van der Waals surface area contributed by atoms with Gasteiger partial charge in [-0.25, -0.2) is 0 Å². The molecule has 1 rings (SSSR count). The minimum atomic E-state index is -0.666. The molecule has 1 heterocycles. The second-order valence-electron chi connectivity index (χ2n) is 3.89. The van der Waals surface area contributed by atoms with E-state index in [1.165, 1.54) is 0 Å². The number of rotatable bonds is 4. The lowest BCUT2D eigenvalue weighted by atomic mass is 10.1. The maximum absolute atomic E-state index is 10.6. The van der Waals surface area contributed by atoms with Crippen LogP contribution in [-0.4, -0.2) is 34.6 Å². The topological polar surface area (TPSA) is 40.5 Å². The summed E-state index contributed by atoms with van der Waals surface area (Å²) in [5.41, 5.74) is 0. The molecule has 0 amide bonds. The van der Waals surface area contributed by atoms with Crippen LogP contribution < -0.4 is 0 Å². The molecule has 0 radical (unpaired) electrons. The molecule has 3 heteroatoms. The fourth-order valence-electron chi connectivity index (χ4n) is 2.09. The smallest absolute Gasteiger partial charge is 0.304 e.